The number of rotatable bonds is 5. The van der Waals surface area contributed by atoms with Gasteiger partial charge in [-0.2, -0.15) is 5.26 Å². The van der Waals surface area contributed by atoms with E-state index in [4.69, 9.17) is 47.0 Å². The molecular formula is C16H19Cl3N4OS2. The van der Waals surface area contributed by atoms with Crippen LogP contribution in [-0.4, -0.2) is 21.0 Å². The Labute approximate surface area is 177 Å². The first-order chi connectivity index (χ1) is 12.3. The molecule has 3 N–H and O–H groups in total. The summed E-state index contributed by atoms with van der Waals surface area (Å²) in [6.45, 7) is 1.88. The van der Waals surface area contributed by atoms with Crippen LogP contribution >= 0.6 is 58.4 Å². The van der Waals surface area contributed by atoms with E-state index in [-0.39, 0.29) is 11.0 Å². The lowest BCUT2D eigenvalue weighted by molar-refractivity contribution is -0.121. The number of thiocarbonyl (C=S) groups is 1. The van der Waals surface area contributed by atoms with Crippen LogP contribution in [0.15, 0.2) is 0 Å². The Hall–Kier alpha value is -0.780. The number of hydrogen-bond acceptors (Lipinski definition) is 4. The van der Waals surface area contributed by atoms with Crippen molar-refractivity contribution in [1.29, 1.82) is 5.26 Å². The molecule has 1 aliphatic carbocycles. The largest absolute Gasteiger partial charge is 0.339 e. The van der Waals surface area contributed by atoms with E-state index >= 15 is 0 Å². The fraction of sp³-hybridized carbons (Fsp3) is 0.562. The summed E-state index contributed by atoms with van der Waals surface area (Å²) >= 11 is 24.7. The van der Waals surface area contributed by atoms with Crippen molar-refractivity contribution in [3.8, 4) is 6.07 Å². The highest BCUT2D eigenvalue weighted by Crippen LogP contribution is 2.37. The van der Waals surface area contributed by atoms with Gasteiger partial charge in [0.15, 0.2) is 5.11 Å². The van der Waals surface area contributed by atoms with Gasteiger partial charge in [-0.15, -0.1) is 11.3 Å². The molecule has 1 aromatic heterocycles. The van der Waals surface area contributed by atoms with Crippen molar-refractivity contribution in [2.45, 2.75) is 55.4 Å². The van der Waals surface area contributed by atoms with E-state index in [2.05, 4.69) is 22.0 Å². The van der Waals surface area contributed by atoms with Gasteiger partial charge in [-0.05, 0) is 49.9 Å². The minimum atomic E-state index is -1.79. The summed E-state index contributed by atoms with van der Waals surface area (Å²) in [4.78, 5) is 13.1. The minimum absolute atomic E-state index is 0.174. The van der Waals surface area contributed by atoms with Gasteiger partial charge in [-0.25, -0.2) is 0 Å². The molecule has 0 saturated carbocycles. The van der Waals surface area contributed by atoms with E-state index in [1.807, 2.05) is 6.92 Å². The number of aryl methyl sites for hydroxylation is 1. The number of anilines is 1. The first-order valence-corrected chi connectivity index (χ1v) is 10.6. The number of halogens is 3. The Morgan fingerprint density at radius 2 is 2.04 bits per heavy atom. The molecule has 0 fully saturated rings. The van der Waals surface area contributed by atoms with E-state index in [1.165, 1.54) is 16.2 Å². The molecule has 5 nitrogen and oxygen atoms in total. The second kappa shape index (κ2) is 9.43. The Kier molecular flexibility index (Phi) is 7.80. The van der Waals surface area contributed by atoms with Crippen LogP contribution < -0.4 is 16.0 Å². The molecule has 1 unspecified atom stereocenters. The van der Waals surface area contributed by atoms with Crippen molar-refractivity contribution in [1.82, 2.24) is 10.6 Å². The molecule has 26 heavy (non-hydrogen) atoms. The van der Waals surface area contributed by atoms with E-state index in [9.17, 15) is 10.1 Å². The fourth-order valence-electron chi connectivity index (χ4n) is 2.70. The fourth-order valence-corrected chi connectivity index (χ4v) is 4.56. The predicted molar refractivity (Wildman–Crippen MR) is 112 cm³/mol. The van der Waals surface area contributed by atoms with Gasteiger partial charge in [0.25, 0.3) is 0 Å². The quantitative estimate of drug-likeness (QED) is 0.350. The molecule has 0 aliphatic heterocycles. The highest BCUT2D eigenvalue weighted by atomic mass is 35.6. The van der Waals surface area contributed by atoms with Crippen molar-refractivity contribution in [2.24, 2.45) is 0 Å². The average Bonchev–Trinajstić information content (AvgIpc) is 2.90. The third-order valence-corrected chi connectivity index (χ3v) is 5.98. The predicted octanol–water partition coefficient (Wildman–Crippen LogP) is 4.40. The van der Waals surface area contributed by atoms with Crippen LogP contribution in [-0.2, 0) is 17.6 Å². The van der Waals surface area contributed by atoms with Gasteiger partial charge in [-0.1, -0.05) is 41.7 Å². The van der Waals surface area contributed by atoms with Crippen LogP contribution in [0.3, 0.4) is 0 Å². The van der Waals surface area contributed by atoms with E-state index < -0.39 is 9.96 Å². The summed E-state index contributed by atoms with van der Waals surface area (Å²) in [5, 5.41) is 18.8. The Balaban J connectivity index is 2.10. The second-order valence-corrected chi connectivity index (χ2v) is 9.80. The minimum Gasteiger partial charge on any atom is -0.339 e. The SMILES string of the molecule is CCCC(=O)NC(NC(=S)Nc1sc2c(c1C#N)CCCC2)C(Cl)(Cl)Cl. The Morgan fingerprint density at radius 3 is 2.65 bits per heavy atom. The lowest BCUT2D eigenvalue weighted by Crippen LogP contribution is -2.56. The summed E-state index contributed by atoms with van der Waals surface area (Å²) in [5.41, 5.74) is 1.72. The molecule has 1 amide bonds. The van der Waals surface area contributed by atoms with Gasteiger partial charge in [0, 0.05) is 11.3 Å². The molecule has 0 aromatic carbocycles. The zero-order valence-corrected chi connectivity index (χ0v) is 18.0. The maximum atomic E-state index is 11.8. The number of alkyl halides is 3. The number of nitrogens with zero attached hydrogens (tertiary/aromatic N) is 1. The molecule has 2 rings (SSSR count). The number of fused-ring (bicyclic) bond motifs is 1. The van der Waals surface area contributed by atoms with Gasteiger partial charge in [0.1, 0.15) is 17.2 Å². The zero-order valence-electron chi connectivity index (χ0n) is 14.1. The van der Waals surface area contributed by atoms with Crippen molar-refractivity contribution in [3.05, 3.63) is 16.0 Å². The van der Waals surface area contributed by atoms with Crippen LogP contribution in [0.1, 0.15) is 48.6 Å². The van der Waals surface area contributed by atoms with E-state index in [0.29, 0.717) is 23.4 Å². The van der Waals surface area contributed by atoms with Gasteiger partial charge >= 0.3 is 0 Å². The summed E-state index contributed by atoms with van der Waals surface area (Å²) in [6, 6.07) is 2.25. The first-order valence-electron chi connectivity index (χ1n) is 8.24. The molecule has 1 atom stereocenters. The second-order valence-electron chi connectivity index (χ2n) is 5.92. The number of thiophene rings is 1. The summed E-state index contributed by atoms with van der Waals surface area (Å²) in [6.07, 6.45) is 4.08. The first kappa shape index (κ1) is 21.5. The third-order valence-electron chi connectivity index (χ3n) is 3.90. The maximum Gasteiger partial charge on any atom is 0.228 e. The van der Waals surface area contributed by atoms with Crippen LogP contribution in [0.4, 0.5) is 5.00 Å². The molecule has 0 bridgehead atoms. The summed E-state index contributed by atoms with van der Waals surface area (Å²) < 4.78 is -1.79. The molecule has 1 aromatic rings. The molecule has 0 saturated heterocycles. The molecule has 10 heteroatoms. The summed E-state index contributed by atoms with van der Waals surface area (Å²) in [7, 11) is 0. The molecule has 0 radical (unpaired) electrons. The lowest BCUT2D eigenvalue weighted by atomic mass is 9.96. The number of nitriles is 1. The van der Waals surface area contributed by atoms with Crippen LogP contribution in [0.2, 0.25) is 0 Å². The standard InChI is InChI=1S/C16H19Cl3N4OS2/c1-2-5-12(24)21-14(16(17,18)19)23-15(25)22-13-10(8-20)9-6-3-4-7-11(9)26-13/h14H,2-7H2,1H3,(H,21,24)(H2,22,23,25). The van der Waals surface area contributed by atoms with Crippen molar-refractivity contribution < 1.29 is 4.79 Å². The van der Waals surface area contributed by atoms with Gasteiger partial charge in [0.05, 0.1) is 5.56 Å². The number of hydrogen-bond donors (Lipinski definition) is 3. The van der Waals surface area contributed by atoms with Crippen LogP contribution in [0.25, 0.3) is 0 Å². The van der Waals surface area contributed by atoms with E-state index in [0.717, 1.165) is 31.2 Å². The van der Waals surface area contributed by atoms with Crippen LogP contribution in [0.5, 0.6) is 0 Å². The monoisotopic (exact) mass is 452 g/mol. The topological polar surface area (TPSA) is 77.0 Å². The maximum absolute atomic E-state index is 11.8. The number of carbonyl (C=O) groups is 1. The number of amides is 1. The van der Waals surface area contributed by atoms with Gasteiger partial charge in [-0.3, -0.25) is 4.79 Å². The molecule has 1 aliphatic rings. The zero-order chi connectivity index (χ0) is 19.3. The molecular weight excluding hydrogens is 435 g/mol. The van der Waals surface area contributed by atoms with E-state index in [1.54, 1.807) is 0 Å². The molecule has 1 heterocycles. The Bertz CT molecular complexity index is 724. The smallest absolute Gasteiger partial charge is 0.228 e. The van der Waals surface area contributed by atoms with Crippen molar-refractivity contribution in [3.63, 3.8) is 0 Å². The number of carbonyl (C=O) groups excluding carboxylic acids is 1. The van der Waals surface area contributed by atoms with Gasteiger partial charge < -0.3 is 16.0 Å². The lowest BCUT2D eigenvalue weighted by Gasteiger charge is -2.27. The normalized spacial score (nSPS) is 14.7. The molecule has 142 valence electrons. The average molecular weight is 454 g/mol. The van der Waals surface area contributed by atoms with Crippen LogP contribution in [0, 0.1) is 11.3 Å². The third kappa shape index (κ3) is 5.61. The van der Waals surface area contributed by atoms with Crippen molar-refractivity contribution >= 4 is 74.4 Å². The Morgan fingerprint density at radius 1 is 1.35 bits per heavy atom. The van der Waals surface area contributed by atoms with Gasteiger partial charge in [0.2, 0.25) is 9.70 Å². The molecule has 0 spiro atoms. The number of nitrogens with one attached hydrogen (secondary N) is 3. The van der Waals surface area contributed by atoms with Crippen molar-refractivity contribution in [2.75, 3.05) is 5.32 Å². The summed E-state index contributed by atoms with van der Waals surface area (Å²) in [5.74, 6) is -0.247. The highest BCUT2D eigenvalue weighted by Gasteiger charge is 2.34. The highest BCUT2D eigenvalue weighted by molar-refractivity contribution is 7.80.